The second-order valence-electron chi connectivity index (χ2n) is 8.11. The quantitative estimate of drug-likeness (QED) is 0.473. The summed E-state index contributed by atoms with van der Waals surface area (Å²) in [6, 6.07) is 17.7. The van der Waals surface area contributed by atoms with Crippen molar-refractivity contribution < 1.29 is 9.53 Å². The highest BCUT2D eigenvalue weighted by Crippen LogP contribution is 2.23. The lowest BCUT2D eigenvalue weighted by atomic mass is 10.1. The van der Waals surface area contributed by atoms with Crippen molar-refractivity contribution >= 4 is 39.7 Å². The van der Waals surface area contributed by atoms with E-state index in [1.54, 1.807) is 6.20 Å². The molecule has 0 aliphatic carbocycles. The highest BCUT2D eigenvalue weighted by Gasteiger charge is 2.13. The van der Waals surface area contributed by atoms with E-state index >= 15 is 0 Å². The van der Waals surface area contributed by atoms with Gasteiger partial charge in [0.2, 0.25) is 5.91 Å². The molecule has 1 amide bonds. The number of anilines is 4. The Kier molecular flexibility index (Phi) is 5.91. The first-order valence-electron chi connectivity index (χ1n) is 11.0. The molecule has 3 heterocycles. The first-order valence-corrected chi connectivity index (χ1v) is 11.0. The second kappa shape index (κ2) is 9.30. The summed E-state index contributed by atoms with van der Waals surface area (Å²) in [7, 11) is 2.00. The Morgan fingerprint density at radius 3 is 2.64 bits per heavy atom. The van der Waals surface area contributed by atoms with Gasteiger partial charge in [0, 0.05) is 54.7 Å². The Balaban J connectivity index is 1.21. The molecule has 0 unspecified atom stereocenters. The predicted octanol–water partition coefficient (Wildman–Crippen LogP) is 3.73. The number of aryl methyl sites for hydroxylation is 1. The average molecular weight is 443 g/mol. The van der Waals surface area contributed by atoms with Gasteiger partial charge in [-0.25, -0.2) is 0 Å². The van der Waals surface area contributed by atoms with Gasteiger partial charge in [0.25, 0.3) is 0 Å². The molecule has 2 aromatic heterocycles. The number of benzene rings is 2. The van der Waals surface area contributed by atoms with Crippen molar-refractivity contribution in [3.63, 3.8) is 0 Å². The molecule has 2 N–H and O–H groups in total. The number of hydrogen-bond acceptors (Lipinski definition) is 6. The van der Waals surface area contributed by atoms with Crippen molar-refractivity contribution in [2.45, 2.75) is 6.42 Å². The molecule has 0 bridgehead atoms. The molecule has 0 spiro atoms. The van der Waals surface area contributed by atoms with Crippen molar-refractivity contribution in [2.75, 3.05) is 41.8 Å². The van der Waals surface area contributed by atoms with E-state index in [9.17, 15) is 4.79 Å². The summed E-state index contributed by atoms with van der Waals surface area (Å²) in [5.74, 6) is 0.628. The Hall–Kier alpha value is -3.91. The van der Waals surface area contributed by atoms with E-state index in [4.69, 9.17) is 4.74 Å². The minimum atomic E-state index is -0.0452. The third kappa shape index (κ3) is 4.80. The number of nitrogens with zero attached hydrogens (tertiary/aromatic N) is 4. The highest BCUT2D eigenvalue weighted by molar-refractivity contribution is 5.96. The molecule has 1 aliphatic rings. The van der Waals surface area contributed by atoms with Crippen LogP contribution in [0.4, 0.5) is 22.9 Å². The van der Waals surface area contributed by atoms with Gasteiger partial charge in [-0.15, -0.1) is 5.10 Å². The summed E-state index contributed by atoms with van der Waals surface area (Å²) in [6.07, 6.45) is 4.11. The van der Waals surface area contributed by atoms with Crippen LogP contribution in [0.25, 0.3) is 10.9 Å². The summed E-state index contributed by atoms with van der Waals surface area (Å²) < 4.78 is 7.47. The van der Waals surface area contributed by atoms with Crippen LogP contribution >= 0.6 is 0 Å². The van der Waals surface area contributed by atoms with E-state index < -0.39 is 0 Å². The molecule has 0 atom stereocenters. The first-order chi connectivity index (χ1) is 16.2. The molecule has 168 valence electrons. The van der Waals surface area contributed by atoms with Crippen LogP contribution in [0.3, 0.4) is 0 Å². The van der Waals surface area contributed by atoms with Gasteiger partial charge >= 0.3 is 0 Å². The van der Waals surface area contributed by atoms with E-state index in [-0.39, 0.29) is 5.91 Å². The zero-order valence-corrected chi connectivity index (χ0v) is 18.5. The smallest absolute Gasteiger partial charge is 0.228 e. The number of amides is 1. The van der Waals surface area contributed by atoms with Crippen molar-refractivity contribution in [3.8, 4) is 0 Å². The van der Waals surface area contributed by atoms with Crippen LogP contribution in [-0.2, 0) is 23.0 Å². The third-order valence-electron chi connectivity index (χ3n) is 5.79. The maximum absolute atomic E-state index is 12.6. The number of carbonyl (C=O) groups is 1. The molecule has 4 aromatic rings. The number of carbonyl (C=O) groups excluding carboxylic acids is 1. The topological polar surface area (TPSA) is 84.3 Å². The lowest BCUT2D eigenvalue weighted by molar-refractivity contribution is -0.115. The van der Waals surface area contributed by atoms with Gasteiger partial charge in [0.05, 0.1) is 31.5 Å². The number of fused-ring (bicyclic) bond motifs is 1. The first kappa shape index (κ1) is 21.0. The monoisotopic (exact) mass is 442 g/mol. The number of hydrogen-bond donors (Lipinski definition) is 2. The summed E-state index contributed by atoms with van der Waals surface area (Å²) in [6.45, 7) is 3.13. The fourth-order valence-electron chi connectivity index (χ4n) is 4.14. The predicted molar refractivity (Wildman–Crippen MR) is 130 cm³/mol. The molecule has 0 radical (unpaired) electrons. The van der Waals surface area contributed by atoms with Gasteiger partial charge < -0.3 is 24.8 Å². The van der Waals surface area contributed by atoms with Crippen molar-refractivity contribution in [1.82, 2.24) is 14.8 Å². The molecule has 2 aromatic carbocycles. The number of nitrogens with one attached hydrogen (secondary N) is 2. The SMILES string of the molecule is Cn1cc(CC(=O)Nc2ccc(Nc3cc(N4CCOCC4)cnn3)cc2)c2ccccc21. The zero-order valence-electron chi connectivity index (χ0n) is 18.5. The number of para-hydroxylation sites is 1. The minimum Gasteiger partial charge on any atom is -0.378 e. The van der Waals surface area contributed by atoms with Gasteiger partial charge in [0.1, 0.15) is 0 Å². The van der Waals surface area contributed by atoms with Gasteiger partial charge in [-0.1, -0.05) is 18.2 Å². The van der Waals surface area contributed by atoms with E-state index in [1.807, 2.05) is 55.7 Å². The van der Waals surface area contributed by atoms with Crippen LogP contribution in [0, 0.1) is 0 Å². The van der Waals surface area contributed by atoms with Crippen LogP contribution in [0.2, 0.25) is 0 Å². The average Bonchev–Trinajstić information content (AvgIpc) is 3.16. The van der Waals surface area contributed by atoms with Crippen molar-refractivity contribution in [2.24, 2.45) is 7.05 Å². The van der Waals surface area contributed by atoms with Crippen LogP contribution in [-0.4, -0.2) is 47.0 Å². The largest absolute Gasteiger partial charge is 0.378 e. The summed E-state index contributed by atoms with van der Waals surface area (Å²) >= 11 is 0. The molecule has 0 saturated carbocycles. The summed E-state index contributed by atoms with van der Waals surface area (Å²) in [5.41, 5.74) is 4.78. The lowest BCUT2D eigenvalue weighted by Crippen LogP contribution is -2.36. The Labute approximate surface area is 192 Å². The molecule has 8 nitrogen and oxygen atoms in total. The molecule has 1 saturated heterocycles. The summed E-state index contributed by atoms with van der Waals surface area (Å²) in [4.78, 5) is 14.9. The second-order valence-corrected chi connectivity index (χ2v) is 8.11. The zero-order chi connectivity index (χ0) is 22.6. The molecular weight excluding hydrogens is 416 g/mol. The fourth-order valence-corrected chi connectivity index (χ4v) is 4.14. The molecule has 33 heavy (non-hydrogen) atoms. The van der Waals surface area contributed by atoms with Crippen molar-refractivity contribution in [3.05, 3.63) is 72.6 Å². The molecule has 1 fully saturated rings. The number of aromatic nitrogens is 3. The van der Waals surface area contributed by atoms with Crippen LogP contribution in [0.5, 0.6) is 0 Å². The standard InChI is InChI=1S/C25H26N6O2/c1-30-17-18(22-4-2-3-5-23(22)30)14-25(32)28-20-8-6-19(7-9-20)27-24-15-21(16-26-29-24)31-10-12-33-13-11-31/h2-9,15-17H,10-14H2,1H3,(H,27,29)(H,28,32). The Morgan fingerprint density at radius 2 is 1.82 bits per heavy atom. The Morgan fingerprint density at radius 1 is 1.06 bits per heavy atom. The fraction of sp³-hybridized carbons (Fsp3) is 0.240. The van der Waals surface area contributed by atoms with E-state index in [0.717, 1.165) is 59.8 Å². The molecule has 1 aliphatic heterocycles. The van der Waals surface area contributed by atoms with Crippen LogP contribution in [0.1, 0.15) is 5.56 Å². The molecule has 5 rings (SSSR count). The third-order valence-corrected chi connectivity index (χ3v) is 5.79. The highest BCUT2D eigenvalue weighted by atomic mass is 16.5. The van der Waals surface area contributed by atoms with Crippen molar-refractivity contribution in [1.29, 1.82) is 0 Å². The summed E-state index contributed by atoms with van der Waals surface area (Å²) in [5, 5.41) is 15.7. The number of ether oxygens (including phenoxy) is 1. The molecule has 8 heteroatoms. The number of rotatable bonds is 6. The van der Waals surface area contributed by atoms with Crippen LogP contribution in [0.15, 0.2) is 67.0 Å². The van der Waals surface area contributed by atoms with Gasteiger partial charge in [0.15, 0.2) is 5.82 Å². The van der Waals surface area contributed by atoms with Gasteiger partial charge in [-0.05, 0) is 35.9 Å². The van der Waals surface area contributed by atoms with E-state index in [1.165, 1.54) is 0 Å². The lowest BCUT2D eigenvalue weighted by Gasteiger charge is -2.28. The minimum absolute atomic E-state index is 0.0452. The maximum Gasteiger partial charge on any atom is 0.228 e. The number of morpholine rings is 1. The normalized spacial score (nSPS) is 13.8. The van der Waals surface area contributed by atoms with E-state index in [0.29, 0.717) is 12.2 Å². The van der Waals surface area contributed by atoms with Gasteiger partial charge in [-0.2, -0.15) is 5.10 Å². The van der Waals surface area contributed by atoms with Crippen LogP contribution < -0.4 is 15.5 Å². The maximum atomic E-state index is 12.6. The van der Waals surface area contributed by atoms with E-state index in [2.05, 4.69) is 42.4 Å². The molecular formula is C25H26N6O2. The van der Waals surface area contributed by atoms with Gasteiger partial charge in [-0.3, -0.25) is 4.79 Å². The Bertz CT molecular complexity index is 1260.